The summed E-state index contributed by atoms with van der Waals surface area (Å²) in [5.41, 5.74) is 9.34. The Morgan fingerprint density at radius 2 is 1.85 bits per heavy atom. The number of hydrogen-bond acceptors (Lipinski definition) is 2. The zero-order valence-corrected chi connectivity index (χ0v) is 12.1. The SMILES string of the molecule is NC1(c2cccc3ccccc23)CCc2sccc2C1. The van der Waals surface area contributed by atoms with Crippen LogP contribution in [0.1, 0.15) is 22.4 Å². The van der Waals surface area contributed by atoms with Crippen molar-refractivity contribution in [2.24, 2.45) is 5.73 Å². The van der Waals surface area contributed by atoms with Crippen LogP contribution in [0.15, 0.2) is 53.9 Å². The zero-order chi connectivity index (χ0) is 13.6. The molecule has 1 aliphatic rings. The van der Waals surface area contributed by atoms with Crippen LogP contribution in [0.4, 0.5) is 0 Å². The third kappa shape index (κ3) is 1.80. The van der Waals surface area contributed by atoms with Gasteiger partial charge in [-0.25, -0.2) is 0 Å². The summed E-state index contributed by atoms with van der Waals surface area (Å²) < 4.78 is 0. The molecule has 1 aromatic heterocycles. The number of hydrogen-bond donors (Lipinski definition) is 1. The minimum atomic E-state index is -0.227. The first-order valence-electron chi connectivity index (χ1n) is 7.09. The van der Waals surface area contributed by atoms with E-state index in [1.54, 1.807) is 0 Å². The highest BCUT2D eigenvalue weighted by molar-refractivity contribution is 7.10. The van der Waals surface area contributed by atoms with Crippen LogP contribution in [0, 0.1) is 0 Å². The van der Waals surface area contributed by atoms with Crippen molar-refractivity contribution in [2.75, 3.05) is 0 Å². The molecule has 0 aliphatic heterocycles. The summed E-state index contributed by atoms with van der Waals surface area (Å²) in [6, 6.07) is 17.3. The lowest BCUT2D eigenvalue weighted by atomic mass is 9.75. The van der Waals surface area contributed by atoms with Crippen LogP contribution in [-0.2, 0) is 18.4 Å². The molecule has 0 fully saturated rings. The van der Waals surface area contributed by atoms with Crippen molar-refractivity contribution in [3.05, 3.63) is 69.9 Å². The summed E-state index contributed by atoms with van der Waals surface area (Å²) in [5.74, 6) is 0. The van der Waals surface area contributed by atoms with Crippen molar-refractivity contribution in [1.29, 1.82) is 0 Å². The molecule has 1 aliphatic carbocycles. The van der Waals surface area contributed by atoms with Crippen LogP contribution < -0.4 is 5.73 Å². The van der Waals surface area contributed by atoms with Crippen LogP contribution in [0.2, 0.25) is 0 Å². The average molecular weight is 279 g/mol. The van der Waals surface area contributed by atoms with E-state index in [1.807, 2.05) is 11.3 Å². The maximum Gasteiger partial charge on any atom is 0.0460 e. The summed E-state index contributed by atoms with van der Waals surface area (Å²) in [7, 11) is 0. The maximum absolute atomic E-state index is 6.83. The maximum atomic E-state index is 6.83. The topological polar surface area (TPSA) is 26.0 Å². The Labute approximate surface area is 123 Å². The van der Waals surface area contributed by atoms with E-state index in [4.69, 9.17) is 5.73 Å². The Bertz CT molecular complexity index is 768. The van der Waals surface area contributed by atoms with Crippen molar-refractivity contribution in [1.82, 2.24) is 0 Å². The van der Waals surface area contributed by atoms with Crippen LogP contribution in [0.3, 0.4) is 0 Å². The Balaban J connectivity index is 1.87. The van der Waals surface area contributed by atoms with Gasteiger partial charge in [-0.3, -0.25) is 0 Å². The second-order valence-electron chi connectivity index (χ2n) is 5.73. The molecule has 4 rings (SSSR count). The third-order valence-electron chi connectivity index (χ3n) is 4.47. The van der Waals surface area contributed by atoms with Gasteiger partial charge in [-0.2, -0.15) is 0 Å². The van der Waals surface area contributed by atoms with Crippen molar-refractivity contribution < 1.29 is 0 Å². The predicted molar refractivity (Wildman–Crippen MR) is 86.2 cm³/mol. The summed E-state index contributed by atoms with van der Waals surface area (Å²) >= 11 is 1.87. The van der Waals surface area contributed by atoms with Crippen LogP contribution in [0.25, 0.3) is 10.8 Å². The van der Waals surface area contributed by atoms with Gasteiger partial charge in [0.1, 0.15) is 0 Å². The van der Waals surface area contributed by atoms with Gasteiger partial charge < -0.3 is 5.73 Å². The van der Waals surface area contributed by atoms with Gasteiger partial charge >= 0.3 is 0 Å². The van der Waals surface area contributed by atoms with Gasteiger partial charge in [-0.1, -0.05) is 42.5 Å². The Hall–Kier alpha value is -1.64. The highest BCUT2D eigenvalue weighted by Crippen LogP contribution is 2.39. The lowest BCUT2D eigenvalue weighted by molar-refractivity contribution is 0.391. The molecule has 2 aromatic carbocycles. The lowest BCUT2D eigenvalue weighted by Gasteiger charge is -2.35. The first kappa shape index (κ1) is 12.1. The van der Waals surface area contributed by atoms with E-state index in [2.05, 4.69) is 53.9 Å². The highest BCUT2D eigenvalue weighted by atomic mass is 32.1. The van der Waals surface area contributed by atoms with E-state index >= 15 is 0 Å². The van der Waals surface area contributed by atoms with Gasteiger partial charge in [-0.05, 0) is 52.6 Å². The molecule has 0 spiro atoms. The molecule has 1 heterocycles. The third-order valence-corrected chi connectivity index (χ3v) is 5.49. The van der Waals surface area contributed by atoms with Gasteiger partial charge in [0.2, 0.25) is 0 Å². The molecule has 2 N–H and O–H groups in total. The molecule has 1 nitrogen and oxygen atoms in total. The quantitative estimate of drug-likeness (QED) is 0.708. The Morgan fingerprint density at radius 3 is 2.80 bits per heavy atom. The fraction of sp³-hybridized carbons (Fsp3) is 0.222. The molecule has 3 aromatic rings. The molecule has 20 heavy (non-hydrogen) atoms. The fourth-order valence-corrected chi connectivity index (χ4v) is 4.31. The Kier molecular flexibility index (Phi) is 2.69. The van der Waals surface area contributed by atoms with Gasteiger partial charge in [0.25, 0.3) is 0 Å². The molecule has 2 heteroatoms. The summed E-state index contributed by atoms with van der Waals surface area (Å²) in [6.07, 6.45) is 3.10. The number of fused-ring (bicyclic) bond motifs is 2. The molecule has 0 radical (unpaired) electrons. The lowest BCUT2D eigenvalue weighted by Crippen LogP contribution is -2.41. The molecular weight excluding hydrogens is 262 g/mol. The van der Waals surface area contributed by atoms with Crippen LogP contribution in [0.5, 0.6) is 0 Å². The van der Waals surface area contributed by atoms with Gasteiger partial charge in [-0.15, -0.1) is 11.3 Å². The number of thiophene rings is 1. The van der Waals surface area contributed by atoms with Crippen molar-refractivity contribution in [3.8, 4) is 0 Å². The van der Waals surface area contributed by atoms with Crippen LogP contribution >= 0.6 is 11.3 Å². The molecule has 0 saturated heterocycles. The van der Waals surface area contributed by atoms with E-state index in [0.29, 0.717) is 0 Å². The standard InChI is InChI=1S/C18H17NS/c19-18(10-8-17-14(12-18)9-11-20-17)16-7-3-5-13-4-1-2-6-15(13)16/h1-7,9,11H,8,10,12,19H2. The van der Waals surface area contributed by atoms with Crippen LogP contribution in [-0.4, -0.2) is 0 Å². The summed E-state index contributed by atoms with van der Waals surface area (Å²) in [4.78, 5) is 1.52. The first-order chi connectivity index (χ1) is 9.76. The predicted octanol–water partition coefficient (Wildman–Crippen LogP) is 4.24. The van der Waals surface area contributed by atoms with Crippen molar-refractivity contribution >= 4 is 22.1 Å². The van der Waals surface area contributed by atoms with E-state index in [1.165, 1.54) is 26.8 Å². The fourth-order valence-electron chi connectivity index (χ4n) is 3.40. The Morgan fingerprint density at radius 1 is 1.00 bits per heavy atom. The molecule has 100 valence electrons. The van der Waals surface area contributed by atoms with Gasteiger partial charge in [0.05, 0.1) is 0 Å². The summed E-state index contributed by atoms with van der Waals surface area (Å²) in [6.45, 7) is 0. The van der Waals surface area contributed by atoms with E-state index in [9.17, 15) is 0 Å². The van der Waals surface area contributed by atoms with E-state index in [0.717, 1.165) is 19.3 Å². The molecule has 1 unspecified atom stereocenters. The minimum absolute atomic E-state index is 0.227. The monoisotopic (exact) mass is 279 g/mol. The normalized spacial score (nSPS) is 21.9. The number of nitrogens with two attached hydrogens (primary N) is 1. The number of rotatable bonds is 1. The molecule has 0 saturated carbocycles. The first-order valence-corrected chi connectivity index (χ1v) is 7.97. The van der Waals surface area contributed by atoms with Crippen molar-refractivity contribution in [3.63, 3.8) is 0 Å². The molecular formula is C18H17NS. The number of benzene rings is 2. The van der Waals surface area contributed by atoms with Gasteiger partial charge in [0, 0.05) is 10.4 Å². The highest BCUT2D eigenvalue weighted by Gasteiger charge is 2.33. The van der Waals surface area contributed by atoms with E-state index < -0.39 is 0 Å². The largest absolute Gasteiger partial charge is 0.321 e. The second kappa shape index (κ2) is 4.44. The van der Waals surface area contributed by atoms with Crippen molar-refractivity contribution in [2.45, 2.75) is 24.8 Å². The summed E-state index contributed by atoms with van der Waals surface area (Å²) in [5, 5.41) is 4.78. The number of aryl methyl sites for hydroxylation is 1. The molecule has 0 amide bonds. The van der Waals surface area contributed by atoms with Gasteiger partial charge in [0.15, 0.2) is 0 Å². The minimum Gasteiger partial charge on any atom is -0.321 e. The second-order valence-corrected chi connectivity index (χ2v) is 6.73. The zero-order valence-electron chi connectivity index (χ0n) is 11.3. The molecule has 0 bridgehead atoms. The average Bonchev–Trinajstić information content (AvgIpc) is 2.93. The van der Waals surface area contributed by atoms with E-state index in [-0.39, 0.29) is 5.54 Å². The molecule has 1 atom stereocenters. The smallest absolute Gasteiger partial charge is 0.0460 e.